The summed E-state index contributed by atoms with van der Waals surface area (Å²) >= 11 is 0. The Hall–Kier alpha value is -1.79. The molecule has 0 aliphatic carbocycles. The number of halogens is 4. The van der Waals surface area contributed by atoms with Crippen LogP contribution in [0.1, 0.15) is 31.4 Å². The largest absolute Gasteiger partial charge is 0.452 e. The summed E-state index contributed by atoms with van der Waals surface area (Å²) < 4.78 is 57.3. The van der Waals surface area contributed by atoms with E-state index in [2.05, 4.69) is 9.73 Å². The van der Waals surface area contributed by atoms with Crippen LogP contribution in [0, 0.1) is 5.82 Å². The summed E-state index contributed by atoms with van der Waals surface area (Å²) in [7, 11) is 0. The molecule has 116 valence electrons. The molecule has 0 bridgehead atoms. The van der Waals surface area contributed by atoms with Crippen molar-refractivity contribution in [1.29, 1.82) is 0 Å². The van der Waals surface area contributed by atoms with E-state index >= 15 is 0 Å². The number of aryl methyl sites for hydroxylation is 1. The summed E-state index contributed by atoms with van der Waals surface area (Å²) in [5.41, 5.74) is 4.87. The van der Waals surface area contributed by atoms with Gasteiger partial charge < -0.3 is 10.5 Å². The lowest BCUT2D eigenvalue weighted by Gasteiger charge is -2.36. The number of hydrogen-bond donors (Lipinski definition) is 1. The fourth-order valence-electron chi connectivity index (χ4n) is 2.42. The molecule has 0 aromatic heterocycles. The molecule has 0 saturated carbocycles. The number of hydrogen-bond acceptors (Lipinski definition) is 3. The van der Waals surface area contributed by atoms with E-state index < -0.39 is 36.1 Å². The zero-order chi connectivity index (χ0) is 15.8. The van der Waals surface area contributed by atoms with Crippen LogP contribution in [-0.4, -0.2) is 18.3 Å². The summed E-state index contributed by atoms with van der Waals surface area (Å²) in [6.07, 6.45) is -6.55. The Morgan fingerprint density at radius 3 is 2.67 bits per heavy atom. The summed E-state index contributed by atoms with van der Waals surface area (Å²) in [6, 6.07) is 3.79. The minimum atomic E-state index is -4.58. The molecule has 2 N–H and O–H groups in total. The van der Waals surface area contributed by atoms with Gasteiger partial charge >= 0.3 is 6.18 Å². The molecule has 0 spiro atoms. The molecule has 0 saturated heterocycles. The topological polar surface area (TPSA) is 47.6 Å². The molecule has 1 heterocycles. The SMILES string of the molecule is CCc1ccc(F)c(C2(C)CC(C(F)(F)F)OC(N)=N2)c1. The molecule has 0 amide bonds. The van der Waals surface area contributed by atoms with Gasteiger partial charge in [0, 0.05) is 12.0 Å². The van der Waals surface area contributed by atoms with E-state index in [1.165, 1.54) is 19.1 Å². The van der Waals surface area contributed by atoms with Gasteiger partial charge in [-0.3, -0.25) is 0 Å². The number of alkyl halides is 3. The molecule has 2 atom stereocenters. The van der Waals surface area contributed by atoms with E-state index in [1.54, 1.807) is 6.07 Å². The number of nitrogens with zero attached hydrogens (tertiary/aromatic N) is 1. The molecule has 1 aromatic rings. The van der Waals surface area contributed by atoms with Crippen LogP contribution < -0.4 is 5.73 Å². The van der Waals surface area contributed by atoms with Crippen molar-refractivity contribution in [2.45, 2.75) is 44.5 Å². The highest BCUT2D eigenvalue weighted by molar-refractivity contribution is 5.73. The van der Waals surface area contributed by atoms with Crippen molar-refractivity contribution in [2.24, 2.45) is 10.7 Å². The third-order valence-electron chi connectivity index (χ3n) is 3.59. The van der Waals surface area contributed by atoms with E-state index in [0.717, 1.165) is 5.56 Å². The van der Waals surface area contributed by atoms with E-state index in [9.17, 15) is 17.6 Å². The van der Waals surface area contributed by atoms with E-state index in [-0.39, 0.29) is 5.56 Å². The van der Waals surface area contributed by atoms with Crippen molar-refractivity contribution in [2.75, 3.05) is 0 Å². The molecular weight excluding hydrogens is 288 g/mol. The fourth-order valence-corrected chi connectivity index (χ4v) is 2.42. The van der Waals surface area contributed by atoms with Gasteiger partial charge in [-0.2, -0.15) is 13.2 Å². The molecule has 2 unspecified atom stereocenters. The average molecular weight is 304 g/mol. The van der Waals surface area contributed by atoms with Crippen LogP contribution in [0.2, 0.25) is 0 Å². The fraction of sp³-hybridized carbons (Fsp3) is 0.500. The van der Waals surface area contributed by atoms with Gasteiger partial charge in [0.05, 0.1) is 5.54 Å². The minimum absolute atomic E-state index is 0.0994. The zero-order valence-corrected chi connectivity index (χ0v) is 11.7. The monoisotopic (exact) mass is 304 g/mol. The lowest BCUT2D eigenvalue weighted by atomic mass is 9.84. The summed E-state index contributed by atoms with van der Waals surface area (Å²) in [5, 5.41) is 0. The molecule has 1 aliphatic heterocycles. The summed E-state index contributed by atoms with van der Waals surface area (Å²) in [4.78, 5) is 3.92. The minimum Gasteiger partial charge on any atom is -0.452 e. The van der Waals surface area contributed by atoms with Gasteiger partial charge in [0.15, 0.2) is 6.10 Å². The van der Waals surface area contributed by atoms with E-state index in [1.807, 2.05) is 6.92 Å². The number of nitrogens with two attached hydrogens (primary N) is 1. The van der Waals surface area contributed by atoms with Crippen molar-refractivity contribution in [3.8, 4) is 0 Å². The summed E-state index contributed by atoms with van der Waals surface area (Å²) in [5.74, 6) is -0.603. The van der Waals surface area contributed by atoms with Gasteiger partial charge in [-0.15, -0.1) is 0 Å². The standard InChI is InChI=1S/C14H16F4N2O/c1-3-8-4-5-10(15)9(6-8)13(2)7-11(14(16,17)18)21-12(19)20-13/h4-6,11H,3,7H2,1-2H3,(H2,19,20). The van der Waals surface area contributed by atoms with Crippen LogP contribution >= 0.6 is 0 Å². The third kappa shape index (κ3) is 3.11. The van der Waals surface area contributed by atoms with Crippen molar-refractivity contribution < 1.29 is 22.3 Å². The Labute approximate surface area is 119 Å². The van der Waals surface area contributed by atoms with Gasteiger partial charge in [-0.1, -0.05) is 19.1 Å². The molecule has 0 radical (unpaired) electrons. The van der Waals surface area contributed by atoms with Crippen molar-refractivity contribution >= 4 is 6.02 Å². The van der Waals surface area contributed by atoms with Gasteiger partial charge in [0.1, 0.15) is 5.82 Å². The van der Waals surface area contributed by atoms with Crippen LogP contribution in [0.3, 0.4) is 0 Å². The molecule has 21 heavy (non-hydrogen) atoms. The lowest BCUT2D eigenvalue weighted by Crippen LogP contribution is -2.46. The maximum atomic E-state index is 14.1. The Morgan fingerprint density at radius 2 is 2.10 bits per heavy atom. The van der Waals surface area contributed by atoms with E-state index in [4.69, 9.17) is 5.73 Å². The van der Waals surface area contributed by atoms with Crippen LogP contribution in [0.15, 0.2) is 23.2 Å². The molecular formula is C14H16F4N2O. The maximum absolute atomic E-state index is 14.1. The van der Waals surface area contributed by atoms with E-state index in [0.29, 0.717) is 6.42 Å². The number of rotatable bonds is 2. The predicted molar refractivity (Wildman–Crippen MR) is 70.3 cm³/mol. The molecule has 7 heteroatoms. The Balaban J connectivity index is 2.48. The van der Waals surface area contributed by atoms with Crippen molar-refractivity contribution in [3.05, 3.63) is 35.1 Å². The predicted octanol–water partition coefficient (Wildman–Crippen LogP) is 3.27. The highest BCUT2D eigenvalue weighted by Gasteiger charge is 2.49. The van der Waals surface area contributed by atoms with Gasteiger partial charge in [0.25, 0.3) is 6.02 Å². The second kappa shape index (κ2) is 5.20. The average Bonchev–Trinajstić information content (AvgIpc) is 2.37. The first kappa shape index (κ1) is 15.6. The van der Waals surface area contributed by atoms with Gasteiger partial charge in [-0.25, -0.2) is 9.38 Å². The van der Waals surface area contributed by atoms with Crippen LogP contribution in [0.5, 0.6) is 0 Å². The Kier molecular flexibility index (Phi) is 3.86. The molecule has 2 rings (SSSR count). The number of aliphatic imine (C=N–C) groups is 1. The first-order chi connectivity index (χ1) is 9.65. The van der Waals surface area contributed by atoms with Gasteiger partial charge in [-0.05, 0) is 25.0 Å². The van der Waals surface area contributed by atoms with Crippen LogP contribution in [0.4, 0.5) is 17.6 Å². The number of benzene rings is 1. The van der Waals surface area contributed by atoms with Crippen LogP contribution in [-0.2, 0) is 16.7 Å². The first-order valence-electron chi connectivity index (χ1n) is 6.53. The highest BCUT2D eigenvalue weighted by Crippen LogP contribution is 2.40. The molecule has 1 aromatic carbocycles. The molecule has 3 nitrogen and oxygen atoms in total. The molecule has 0 fully saturated rings. The van der Waals surface area contributed by atoms with Gasteiger partial charge in [0.2, 0.25) is 0 Å². The zero-order valence-electron chi connectivity index (χ0n) is 11.7. The smallest absolute Gasteiger partial charge is 0.425 e. The number of amidine groups is 1. The van der Waals surface area contributed by atoms with Crippen LogP contribution in [0.25, 0.3) is 0 Å². The normalized spacial score (nSPS) is 26.2. The lowest BCUT2D eigenvalue weighted by molar-refractivity contribution is -0.208. The second-order valence-electron chi connectivity index (χ2n) is 5.24. The Morgan fingerprint density at radius 1 is 1.43 bits per heavy atom. The quantitative estimate of drug-likeness (QED) is 0.852. The Bertz CT molecular complexity index is 571. The molecule has 1 aliphatic rings. The third-order valence-corrected chi connectivity index (χ3v) is 3.59. The number of ether oxygens (including phenoxy) is 1. The summed E-state index contributed by atoms with van der Waals surface area (Å²) in [6.45, 7) is 3.30. The maximum Gasteiger partial charge on any atom is 0.425 e. The van der Waals surface area contributed by atoms with Crippen molar-refractivity contribution in [1.82, 2.24) is 0 Å². The van der Waals surface area contributed by atoms with Crippen molar-refractivity contribution in [3.63, 3.8) is 0 Å². The second-order valence-corrected chi connectivity index (χ2v) is 5.24. The first-order valence-corrected chi connectivity index (χ1v) is 6.53. The highest BCUT2D eigenvalue weighted by atomic mass is 19.4.